The first-order valence-electron chi connectivity index (χ1n) is 11.0. The molecule has 148 valence electrons. The maximum Gasteiger partial charge on any atom is 0.230 e. The zero-order chi connectivity index (χ0) is 18.8. The monoisotopic (exact) mass is 370 g/mol. The minimum absolute atomic E-state index is 0.225. The Morgan fingerprint density at radius 1 is 1.11 bits per heavy atom. The van der Waals surface area contributed by atoms with Gasteiger partial charge in [0.1, 0.15) is 0 Å². The highest BCUT2D eigenvalue weighted by Crippen LogP contribution is 2.34. The molecule has 0 bridgehead atoms. The average molecular weight is 371 g/mol. The summed E-state index contributed by atoms with van der Waals surface area (Å²) in [5, 5.41) is 10.8. The van der Waals surface area contributed by atoms with E-state index in [4.69, 9.17) is 0 Å². The standard InChI is InChI=1S/C23H34N2O2/c1-17-10-13-24(14-11-17)16-22(26)20-8-9-21-19(15-20)7-4-12-25(21)23(27)18-5-2-3-6-18/h8-9,15,17-18,22,26H,2-7,10-14,16H2,1H3/t22-/m0/s1. The molecule has 0 radical (unpaired) electrons. The number of carbonyl (C=O) groups excluding carboxylic acids is 1. The van der Waals surface area contributed by atoms with Gasteiger partial charge >= 0.3 is 0 Å². The molecule has 4 rings (SSSR count). The number of carbonyl (C=O) groups is 1. The van der Waals surface area contributed by atoms with Crippen LogP contribution in [0.4, 0.5) is 5.69 Å². The minimum atomic E-state index is -0.440. The largest absolute Gasteiger partial charge is 0.387 e. The number of nitrogens with zero attached hydrogens (tertiary/aromatic N) is 2. The first kappa shape index (κ1) is 18.9. The molecule has 2 fully saturated rings. The molecule has 4 heteroatoms. The van der Waals surface area contributed by atoms with Crippen molar-refractivity contribution in [1.29, 1.82) is 0 Å². The van der Waals surface area contributed by atoms with E-state index < -0.39 is 6.10 Å². The van der Waals surface area contributed by atoms with Crippen LogP contribution in [0.2, 0.25) is 0 Å². The van der Waals surface area contributed by atoms with Gasteiger partial charge in [-0.3, -0.25) is 4.79 Å². The van der Waals surface area contributed by atoms with Gasteiger partial charge in [-0.1, -0.05) is 31.9 Å². The fourth-order valence-electron chi connectivity index (χ4n) is 5.04. The van der Waals surface area contributed by atoms with Gasteiger partial charge in [-0.05, 0) is 74.7 Å². The van der Waals surface area contributed by atoms with E-state index in [1.54, 1.807) is 0 Å². The van der Waals surface area contributed by atoms with Crippen molar-refractivity contribution in [3.63, 3.8) is 0 Å². The van der Waals surface area contributed by atoms with Crippen LogP contribution in [-0.2, 0) is 11.2 Å². The fraction of sp³-hybridized carbons (Fsp3) is 0.696. The van der Waals surface area contributed by atoms with Gasteiger partial charge in [-0.15, -0.1) is 0 Å². The lowest BCUT2D eigenvalue weighted by atomic mass is 9.95. The van der Waals surface area contributed by atoms with E-state index >= 15 is 0 Å². The maximum absolute atomic E-state index is 12.9. The van der Waals surface area contributed by atoms with Crippen molar-refractivity contribution in [1.82, 2.24) is 4.90 Å². The molecular weight excluding hydrogens is 336 g/mol. The number of piperidine rings is 1. The van der Waals surface area contributed by atoms with Crippen molar-refractivity contribution in [3.05, 3.63) is 29.3 Å². The number of aliphatic hydroxyl groups is 1. The number of benzene rings is 1. The molecule has 1 aliphatic carbocycles. The Labute approximate surface area is 163 Å². The highest BCUT2D eigenvalue weighted by atomic mass is 16.3. The number of likely N-dealkylation sites (tertiary alicyclic amines) is 1. The molecule has 0 spiro atoms. The third-order valence-electron chi connectivity index (χ3n) is 6.88. The molecule has 27 heavy (non-hydrogen) atoms. The number of hydrogen-bond acceptors (Lipinski definition) is 3. The second-order valence-electron chi connectivity index (χ2n) is 8.96. The van der Waals surface area contributed by atoms with Crippen LogP contribution in [0.1, 0.15) is 69.1 Å². The van der Waals surface area contributed by atoms with Crippen LogP contribution in [-0.4, -0.2) is 42.1 Å². The zero-order valence-corrected chi connectivity index (χ0v) is 16.7. The van der Waals surface area contributed by atoms with Crippen LogP contribution in [0.25, 0.3) is 0 Å². The van der Waals surface area contributed by atoms with Crippen LogP contribution in [0.3, 0.4) is 0 Å². The van der Waals surface area contributed by atoms with Gasteiger partial charge in [0.05, 0.1) is 6.10 Å². The second-order valence-corrected chi connectivity index (χ2v) is 8.96. The summed E-state index contributed by atoms with van der Waals surface area (Å²) >= 11 is 0. The molecular formula is C23H34N2O2. The van der Waals surface area contributed by atoms with Crippen molar-refractivity contribution in [2.24, 2.45) is 11.8 Å². The van der Waals surface area contributed by atoms with E-state index in [-0.39, 0.29) is 5.92 Å². The average Bonchev–Trinajstić information content (AvgIpc) is 3.23. The third-order valence-corrected chi connectivity index (χ3v) is 6.88. The van der Waals surface area contributed by atoms with E-state index in [1.807, 2.05) is 11.0 Å². The summed E-state index contributed by atoms with van der Waals surface area (Å²) in [6.45, 7) is 6.06. The van der Waals surface area contributed by atoms with Gasteiger partial charge in [-0.25, -0.2) is 0 Å². The molecule has 3 aliphatic rings. The maximum atomic E-state index is 12.9. The first-order valence-corrected chi connectivity index (χ1v) is 11.0. The Morgan fingerprint density at radius 2 is 1.85 bits per heavy atom. The van der Waals surface area contributed by atoms with Crippen molar-refractivity contribution in [3.8, 4) is 0 Å². The highest BCUT2D eigenvalue weighted by Gasteiger charge is 2.31. The molecule has 2 heterocycles. The van der Waals surface area contributed by atoms with Gasteiger partial charge in [0.15, 0.2) is 0 Å². The first-order chi connectivity index (χ1) is 13.1. The molecule has 2 aliphatic heterocycles. The molecule has 1 atom stereocenters. The molecule has 1 aromatic rings. The summed E-state index contributed by atoms with van der Waals surface area (Å²) in [6.07, 6.45) is 8.54. The molecule has 1 N–H and O–H groups in total. The lowest BCUT2D eigenvalue weighted by Gasteiger charge is -2.33. The number of aliphatic hydroxyl groups excluding tert-OH is 1. The summed E-state index contributed by atoms with van der Waals surface area (Å²) in [6, 6.07) is 6.27. The lowest BCUT2D eigenvalue weighted by Crippen LogP contribution is -2.39. The Kier molecular flexibility index (Phi) is 5.84. The summed E-state index contributed by atoms with van der Waals surface area (Å²) in [5.74, 6) is 1.36. The summed E-state index contributed by atoms with van der Waals surface area (Å²) in [7, 11) is 0. The number of hydrogen-bond donors (Lipinski definition) is 1. The number of anilines is 1. The minimum Gasteiger partial charge on any atom is -0.387 e. The Morgan fingerprint density at radius 3 is 2.59 bits per heavy atom. The van der Waals surface area contributed by atoms with E-state index in [9.17, 15) is 9.90 Å². The smallest absolute Gasteiger partial charge is 0.230 e. The van der Waals surface area contributed by atoms with Crippen LogP contribution in [0.5, 0.6) is 0 Å². The topological polar surface area (TPSA) is 43.8 Å². The van der Waals surface area contributed by atoms with E-state index in [1.165, 1.54) is 31.2 Å². The van der Waals surface area contributed by atoms with Crippen LogP contribution >= 0.6 is 0 Å². The molecule has 1 saturated heterocycles. The predicted octanol–water partition coefficient (Wildman–Crippen LogP) is 3.92. The second kappa shape index (κ2) is 8.32. The number of β-amino-alcohol motifs (C(OH)–C–C–N with tert-alkyl or cyclic N) is 1. The van der Waals surface area contributed by atoms with Gasteiger partial charge in [0.25, 0.3) is 0 Å². The normalized spacial score (nSPS) is 23.4. The zero-order valence-electron chi connectivity index (χ0n) is 16.7. The van der Waals surface area contributed by atoms with Crippen molar-refractivity contribution < 1.29 is 9.90 Å². The number of fused-ring (bicyclic) bond motifs is 1. The van der Waals surface area contributed by atoms with Gasteiger partial charge in [0.2, 0.25) is 5.91 Å². The molecule has 1 saturated carbocycles. The van der Waals surface area contributed by atoms with Crippen LogP contribution in [0, 0.1) is 11.8 Å². The summed E-state index contributed by atoms with van der Waals surface area (Å²) in [5.41, 5.74) is 3.32. The van der Waals surface area contributed by atoms with E-state index in [2.05, 4.69) is 24.0 Å². The number of aryl methyl sites for hydroxylation is 1. The van der Waals surface area contributed by atoms with Crippen molar-refractivity contribution >= 4 is 11.6 Å². The van der Waals surface area contributed by atoms with Crippen molar-refractivity contribution in [2.45, 2.75) is 64.4 Å². The number of rotatable bonds is 4. The molecule has 0 aromatic heterocycles. The fourth-order valence-corrected chi connectivity index (χ4v) is 5.04. The van der Waals surface area contributed by atoms with Crippen LogP contribution in [0.15, 0.2) is 18.2 Å². The van der Waals surface area contributed by atoms with Gasteiger partial charge in [0, 0.05) is 24.7 Å². The molecule has 1 aromatic carbocycles. The summed E-state index contributed by atoms with van der Waals surface area (Å²) in [4.78, 5) is 17.4. The van der Waals surface area contributed by atoms with E-state index in [0.717, 1.165) is 69.0 Å². The summed E-state index contributed by atoms with van der Waals surface area (Å²) < 4.78 is 0. The Hall–Kier alpha value is -1.39. The molecule has 1 amide bonds. The SMILES string of the molecule is CC1CCN(C[C@H](O)c2ccc3c(c2)CCCN3C(=O)C2CCCC2)CC1. The Bertz CT molecular complexity index is 660. The van der Waals surface area contributed by atoms with Gasteiger partial charge in [-0.2, -0.15) is 0 Å². The number of amides is 1. The lowest BCUT2D eigenvalue weighted by molar-refractivity contribution is -0.122. The van der Waals surface area contributed by atoms with Crippen LogP contribution < -0.4 is 4.90 Å². The Balaban J connectivity index is 1.45. The molecule has 0 unspecified atom stereocenters. The quantitative estimate of drug-likeness (QED) is 0.874. The molecule has 4 nitrogen and oxygen atoms in total. The van der Waals surface area contributed by atoms with Gasteiger partial charge < -0.3 is 14.9 Å². The highest BCUT2D eigenvalue weighted by molar-refractivity contribution is 5.96. The third kappa shape index (κ3) is 4.22. The predicted molar refractivity (Wildman–Crippen MR) is 109 cm³/mol. The van der Waals surface area contributed by atoms with E-state index in [0.29, 0.717) is 5.91 Å². The van der Waals surface area contributed by atoms with Crippen molar-refractivity contribution in [2.75, 3.05) is 31.1 Å².